The minimum absolute atomic E-state index is 0.00290. The van der Waals surface area contributed by atoms with Gasteiger partial charge in [-0.05, 0) is 49.6 Å². The molecule has 0 amide bonds. The van der Waals surface area contributed by atoms with Crippen LogP contribution in [-0.4, -0.2) is 20.2 Å². The molecule has 1 saturated carbocycles. The molecule has 0 radical (unpaired) electrons. The minimum atomic E-state index is -0.236. The molecule has 0 atom stereocenters. The standard InChI is InChI=1S/C22H20O6/c1-12-20(14-6-9-17(25-2)19(10-14)26-3)21(23)16-8-7-15(11-18(16)27-12)28-22(24)13-4-5-13/h6-11,13H,4-5H2,1-3H3. The molecule has 28 heavy (non-hydrogen) atoms. The Morgan fingerprint density at radius 3 is 2.46 bits per heavy atom. The maximum absolute atomic E-state index is 13.1. The molecule has 0 aliphatic heterocycles. The van der Waals surface area contributed by atoms with Gasteiger partial charge in [-0.2, -0.15) is 0 Å². The normalized spacial score (nSPS) is 13.4. The first-order valence-electron chi connectivity index (χ1n) is 9.03. The third-order valence-electron chi connectivity index (χ3n) is 4.84. The number of rotatable bonds is 5. The molecule has 0 N–H and O–H groups in total. The second-order valence-corrected chi connectivity index (χ2v) is 6.79. The molecule has 4 rings (SSSR count). The van der Waals surface area contributed by atoms with Crippen LogP contribution < -0.4 is 19.6 Å². The summed E-state index contributed by atoms with van der Waals surface area (Å²) in [5, 5.41) is 0.418. The molecular formula is C22H20O6. The Hall–Kier alpha value is -3.28. The average Bonchev–Trinajstić information content (AvgIpc) is 3.53. The molecule has 1 aromatic heterocycles. The highest BCUT2D eigenvalue weighted by molar-refractivity contribution is 5.85. The first-order chi connectivity index (χ1) is 13.5. The van der Waals surface area contributed by atoms with Crippen molar-refractivity contribution in [2.45, 2.75) is 19.8 Å². The summed E-state index contributed by atoms with van der Waals surface area (Å²) >= 11 is 0. The van der Waals surface area contributed by atoms with E-state index in [4.69, 9.17) is 18.6 Å². The van der Waals surface area contributed by atoms with Crippen molar-refractivity contribution in [1.82, 2.24) is 0 Å². The maximum atomic E-state index is 13.1. The molecule has 0 spiro atoms. The second-order valence-electron chi connectivity index (χ2n) is 6.79. The van der Waals surface area contributed by atoms with E-state index in [9.17, 15) is 9.59 Å². The molecular weight excluding hydrogens is 360 g/mol. The summed E-state index contributed by atoms with van der Waals surface area (Å²) in [6.45, 7) is 1.73. The fraction of sp³-hybridized carbons (Fsp3) is 0.273. The van der Waals surface area contributed by atoms with Gasteiger partial charge in [0.05, 0.1) is 31.1 Å². The van der Waals surface area contributed by atoms with Crippen LogP contribution in [0.1, 0.15) is 18.6 Å². The third kappa shape index (κ3) is 3.22. The summed E-state index contributed by atoms with van der Waals surface area (Å²) in [7, 11) is 3.10. The number of methoxy groups -OCH3 is 2. The first kappa shape index (κ1) is 18.1. The molecule has 1 aliphatic carbocycles. The number of carbonyl (C=O) groups excluding carboxylic acids is 1. The van der Waals surface area contributed by atoms with Gasteiger partial charge < -0.3 is 18.6 Å². The lowest BCUT2D eigenvalue weighted by Gasteiger charge is -2.11. The number of carbonyl (C=O) groups is 1. The van der Waals surface area contributed by atoms with Crippen LogP contribution in [0, 0.1) is 12.8 Å². The molecule has 0 unspecified atom stereocenters. The Labute approximate surface area is 161 Å². The average molecular weight is 380 g/mol. The monoisotopic (exact) mass is 380 g/mol. The predicted molar refractivity (Wildman–Crippen MR) is 104 cm³/mol. The van der Waals surface area contributed by atoms with E-state index < -0.39 is 0 Å². The zero-order chi connectivity index (χ0) is 19.8. The van der Waals surface area contributed by atoms with E-state index in [-0.39, 0.29) is 17.3 Å². The highest BCUT2D eigenvalue weighted by Crippen LogP contribution is 2.34. The van der Waals surface area contributed by atoms with E-state index in [0.717, 1.165) is 12.8 Å². The van der Waals surface area contributed by atoms with Gasteiger partial charge >= 0.3 is 5.97 Å². The van der Waals surface area contributed by atoms with Gasteiger partial charge in [0.15, 0.2) is 11.5 Å². The number of hydrogen-bond donors (Lipinski definition) is 0. The topological polar surface area (TPSA) is 75.0 Å². The maximum Gasteiger partial charge on any atom is 0.314 e. The van der Waals surface area contributed by atoms with Crippen LogP contribution >= 0.6 is 0 Å². The molecule has 1 heterocycles. The molecule has 1 aliphatic rings. The van der Waals surface area contributed by atoms with Crippen molar-refractivity contribution < 1.29 is 23.4 Å². The van der Waals surface area contributed by atoms with E-state index in [1.165, 1.54) is 0 Å². The molecule has 0 bridgehead atoms. The molecule has 144 valence electrons. The predicted octanol–water partition coefficient (Wildman–Crippen LogP) is 4.10. The summed E-state index contributed by atoms with van der Waals surface area (Å²) < 4.78 is 21.9. The van der Waals surface area contributed by atoms with Crippen LogP contribution in [0.4, 0.5) is 0 Å². The lowest BCUT2D eigenvalue weighted by Crippen LogP contribution is -2.11. The fourth-order valence-corrected chi connectivity index (χ4v) is 3.19. The van der Waals surface area contributed by atoms with Crippen LogP contribution in [-0.2, 0) is 4.79 Å². The van der Waals surface area contributed by atoms with Crippen molar-refractivity contribution in [1.29, 1.82) is 0 Å². The summed E-state index contributed by atoms with van der Waals surface area (Å²) in [6, 6.07) is 10.1. The Balaban J connectivity index is 1.78. The van der Waals surface area contributed by atoms with Crippen LogP contribution in [0.2, 0.25) is 0 Å². The molecule has 3 aromatic rings. The zero-order valence-electron chi connectivity index (χ0n) is 15.9. The van der Waals surface area contributed by atoms with Crippen LogP contribution in [0.3, 0.4) is 0 Å². The molecule has 6 heteroatoms. The number of fused-ring (bicyclic) bond motifs is 1. The molecule has 2 aromatic carbocycles. The van der Waals surface area contributed by atoms with Gasteiger partial charge in [0.25, 0.3) is 0 Å². The SMILES string of the molecule is COc1ccc(-c2c(C)oc3cc(OC(=O)C4CC4)ccc3c2=O)cc1OC. The van der Waals surface area contributed by atoms with E-state index in [1.807, 2.05) is 0 Å². The summed E-state index contributed by atoms with van der Waals surface area (Å²) in [6.07, 6.45) is 1.74. The van der Waals surface area contributed by atoms with Crippen LogP contribution in [0.25, 0.3) is 22.1 Å². The lowest BCUT2D eigenvalue weighted by atomic mass is 10.0. The van der Waals surface area contributed by atoms with Crippen molar-refractivity contribution >= 4 is 16.9 Å². The highest BCUT2D eigenvalue weighted by Gasteiger charge is 2.31. The van der Waals surface area contributed by atoms with Crippen molar-refractivity contribution in [2.75, 3.05) is 14.2 Å². The largest absolute Gasteiger partial charge is 0.493 e. The van der Waals surface area contributed by atoms with E-state index >= 15 is 0 Å². The Morgan fingerprint density at radius 1 is 1.04 bits per heavy atom. The zero-order valence-corrected chi connectivity index (χ0v) is 15.9. The van der Waals surface area contributed by atoms with Gasteiger partial charge in [0.2, 0.25) is 5.43 Å². The highest BCUT2D eigenvalue weighted by atomic mass is 16.5. The number of aryl methyl sites for hydroxylation is 1. The Kier molecular flexibility index (Phi) is 4.55. The van der Waals surface area contributed by atoms with Gasteiger partial charge in [-0.3, -0.25) is 9.59 Å². The van der Waals surface area contributed by atoms with Gasteiger partial charge in [-0.1, -0.05) is 6.07 Å². The Bertz CT molecular complexity index is 1120. The van der Waals surface area contributed by atoms with Crippen molar-refractivity contribution in [3.63, 3.8) is 0 Å². The number of hydrogen-bond acceptors (Lipinski definition) is 6. The third-order valence-corrected chi connectivity index (χ3v) is 4.84. The fourth-order valence-electron chi connectivity index (χ4n) is 3.19. The first-order valence-corrected chi connectivity index (χ1v) is 9.03. The summed E-state index contributed by atoms with van der Waals surface area (Å²) in [5.41, 5.74) is 1.35. The number of ether oxygens (including phenoxy) is 3. The van der Waals surface area contributed by atoms with Gasteiger partial charge in [-0.15, -0.1) is 0 Å². The van der Waals surface area contributed by atoms with Crippen molar-refractivity contribution in [2.24, 2.45) is 5.92 Å². The van der Waals surface area contributed by atoms with Gasteiger partial charge in [0, 0.05) is 6.07 Å². The summed E-state index contributed by atoms with van der Waals surface area (Å²) in [5.74, 6) is 1.72. The van der Waals surface area contributed by atoms with Crippen molar-refractivity contribution in [3.05, 3.63) is 52.4 Å². The quantitative estimate of drug-likeness (QED) is 0.490. The Morgan fingerprint density at radius 2 is 1.79 bits per heavy atom. The second kappa shape index (κ2) is 7.03. The number of benzene rings is 2. The minimum Gasteiger partial charge on any atom is -0.493 e. The number of esters is 1. The lowest BCUT2D eigenvalue weighted by molar-refractivity contribution is -0.135. The van der Waals surface area contributed by atoms with Crippen molar-refractivity contribution in [3.8, 4) is 28.4 Å². The van der Waals surface area contributed by atoms with Gasteiger partial charge in [-0.25, -0.2) is 0 Å². The van der Waals surface area contributed by atoms with Crippen LogP contribution in [0.5, 0.6) is 17.2 Å². The van der Waals surface area contributed by atoms with E-state index in [1.54, 1.807) is 57.5 Å². The van der Waals surface area contributed by atoms with Gasteiger partial charge in [0.1, 0.15) is 17.1 Å². The molecule has 1 fully saturated rings. The van der Waals surface area contributed by atoms with E-state index in [0.29, 0.717) is 45.1 Å². The molecule has 6 nitrogen and oxygen atoms in total. The summed E-state index contributed by atoms with van der Waals surface area (Å²) in [4.78, 5) is 25.0. The molecule has 0 saturated heterocycles. The van der Waals surface area contributed by atoms with E-state index in [2.05, 4.69) is 0 Å². The smallest absolute Gasteiger partial charge is 0.314 e. The van der Waals surface area contributed by atoms with Crippen LogP contribution in [0.15, 0.2) is 45.6 Å².